The first-order chi connectivity index (χ1) is 8.25. The van der Waals surface area contributed by atoms with Crippen molar-refractivity contribution in [2.45, 2.75) is 13.5 Å². The Morgan fingerprint density at radius 1 is 1.35 bits per heavy atom. The number of nitrogens with two attached hydrogens (primary N) is 1. The Bertz CT molecular complexity index is 647. The predicted molar refractivity (Wildman–Crippen MR) is 66.7 cm³/mol. The van der Waals surface area contributed by atoms with Crippen molar-refractivity contribution in [3.05, 3.63) is 48.0 Å². The summed E-state index contributed by atoms with van der Waals surface area (Å²) in [4.78, 5) is 4.09. The van der Waals surface area contributed by atoms with Crippen molar-refractivity contribution in [3.63, 3.8) is 0 Å². The first kappa shape index (κ1) is 9.96. The number of rotatable bonds is 2. The second-order valence-electron chi connectivity index (χ2n) is 4.10. The molecule has 0 atom stereocenters. The Morgan fingerprint density at radius 2 is 2.18 bits per heavy atom. The molecule has 0 saturated carbocycles. The van der Waals surface area contributed by atoms with Crippen LogP contribution in [0.25, 0.3) is 11.0 Å². The molecule has 86 valence electrons. The molecule has 0 aliphatic rings. The summed E-state index contributed by atoms with van der Waals surface area (Å²) in [6.45, 7) is 2.68. The second-order valence-corrected chi connectivity index (χ2v) is 4.10. The third-order valence-electron chi connectivity index (χ3n) is 2.98. The normalized spacial score (nSPS) is 11.1. The molecule has 3 aromatic rings. The summed E-state index contributed by atoms with van der Waals surface area (Å²) in [7, 11) is 0. The summed E-state index contributed by atoms with van der Waals surface area (Å²) in [5.74, 6) is 0.535. The average Bonchev–Trinajstić information content (AvgIpc) is 2.88. The molecule has 0 aliphatic carbocycles. The van der Waals surface area contributed by atoms with Crippen LogP contribution in [0.2, 0.25) is 0 Å². The van der Waals surface area contributed by atoms with Gasteiger partial charge in [-0.2, -0.15) is 0 Å². The first-order valence-electron chi connectivity index (χ1n) is 5.48. The van der Waals surface area contributed by atoms with Gasteiger partial charge in [-0.15, -0.1) is 0 Å². The lowest BCUT2D eigenvalue weighted by atomic mass is 10.2. The van der Waals surface area contributed by atoms with Crippen LogP contribution in [0.3, 0.4) is 0 Å². The Balaban J connectivity index is 2.06. The number of furan rings is 1. The molecule has 3 rings (SSSR count). The van der Waals surface area contributed by atoms with Crippen molar-refractivity contribution >= 4 is 16.9 Å². The van der Waals surface area contributed by atoms with Crippen molar-refractivity contribution in [2.24, 2.45) is 0 Å². The third-order valence-corrected chi connectivity index (χ3v) is 2.98. The summed E-state index contributed by atoms with van der Waals surface area (Å²) < 4.78 is 7.47. The topological polar surface area (TPSA) is 57.0 Å². The van der Waals surface area contributed by atoms with E-state index in [1.165, 1.54) is 0 Å². The number of imidazole rings is 1. The highest BCUT2D eigenvalue weighted by Crippen LogP contribution is 2.22. The van der Waals surface area contributed by atoms with E-state index in [1.54, 1.807) is 12.5 Å². The van der Waals surface area contributed by atoms with Gasteiger partial charge in [0, 0.05) is 16.6 Å². The summed E-state index contributed by atoms with van der Waals surface area (Å²) in [5.41, 5.74) is 8.89. The van der Waals surface area contributed by atoms with Crippen molar-refractivity contribution in [1.29, 1.82) is 0 Å². The quantitative estimate of drug-likeness (QED) is 0.732. The van der Waals surface area contributed by atoms with Crippen LogP contribution in [0.1, 0.15) is 11.3 Å². The highest BCUT2D eigenvalue weighted by Gasteiger charge is 2.09. The molecule has 4 heteroatoms. The Morgan fingerprint density at radius 3 is 2.94 bits per heavy atom. The maximum Gasteiger partial charge on any atom is 0.200 e. The van der Waals surface area contributed by atoms with Crippen LogP contribution in [0.4, 0.5) is 5.95 Å². The molecule has 2 N–H and O–H groups in total. The SMILES string of the molecule is Cc1cnc(N)n1Cc1coc2ccccc12. The van der Waals surface area contributed by atoms with Crippen LogP contribution in [0, 0.1) is 6.92 Å². The number of hydrogen-bond donors (Lipinski definition) is 1. The molecule has 0 spiro atoms. The van der Waals surface area contributed by atoms with Crippen molar-refractivity contribution in [3.8, 4) is 0 Å². The smallest absolute Gasteiger partial charge is 0.200 e. The fraction of sp³-hybridized carbons (Fsp3) is 0.154. The van der Waals surface area contributed by atoms with E-state index < -0.39 is 0 Å². The fourth-order valence-corrected chi connectivity index (χ4v) is 2.01. The zero-order chi connectivity index (χ0) is 11.8. The van der Waals surface area contributed by atoms with Gasteiger partial charge in [0.05, 0.1) is 19.0 Å². The Kier molecular flexibility index (Phi) is 2.14. The van der Waals surface area contributed by atoms with E-state index >= 15 is 0 Å². The maximum atomic E-state index is 5.82. The molecular formula is C13H13N3O. The lowest BCUT2D eigenvalue weighted by Gasteiger charge is -2.05. The van der Waals surface area contributed by atoms with Gasteiger partial charge in [-0.25, -0.2) is 4.98 Å². The summed E-state index contributed by atoms with van der Waals surface area (Å²) in [5, 5.41) is 1.13. The monoisotopic (exact) mass is 227 g/mol. The van der Waals surface area contributed by atoms with Crippen LogP contribution in [-0.2, 0) is 6.54 Å². The molecule has 0 unspecified atom stereocenters. The van der Waals surface area contributed by atoms with Gasteiger partial charge in [-0.1, -0.05) is 18.2 Å². The largest absolute Gasteiger partial charge is 0.464 e. The van der Waals surface area contributed by atoms with Gasteiger partial charge in [0.15, 0.2) is 0 Å². The second kappa shape index (κ2) is 3.66. The number of benzene rings is 1. The molecule has 2 heterocycles. The number of anilines is 1. The molecule has 17 heavy (non-hydrogen) atoms. The highest BCUT2D eigenvalue weighted by molar-refractivity contribution is 5.80. The number of fused-ring (bicyclic) bond motifs is 1. The van der Waals surface area contributed by atoms with E-state index in [4.69, 9.17) is 10.2 Å². The summed E-state index contributed by atoms with van der Waals surface area (Å²) >= 11 is 0. The van der Waals surface area contributed by atoms with E-state index in [0.717, 1.165) is 22.2 Å². The van der Waals surface area contributed by atoms with Crippen molar-refractivity contribution in [2.75, 3.05) is 5.73 Å². The number of para-hydroxylation sites is 1. The zero-order valence-corrected chi connectivity index (χ0v) is 9.55. The number of hydrogen-bond acceptors (Lipinski definition) is 3. The first-order valence-corrected chi connectivity index (χ1v) is 5.48. The van der Waals surface area contributed by atoms with Crippen molar-refractivity contribution < 1.29 is 4.42 Å². The fourth-order valence-electron chi connectivity index (χ4n) is 2.01. The number of nitrogen functional groups attached to an aromatic ring is 1. The van der Waals surface area contributed by atoms with Crippen LogP contribution < -0.4 is 5.73 Å². The molecule has 0 aliphatic heterocycles. The van der Waals surface area contributed by atoms with Crippen molar-refractivity contribution in [1.82, 2.24) is 9.55 Å². The summed E-state index contributed by atoms with van der Waals surface area (Å²) in [6.07, 6.45) is 3.56. The van der Waals surface area contributed by atoms with Gasteiger partial charge >= 0.3 is 0 Å². The maximum absolute atomic E-state index is 5.82. The molecule has 0 fully saturated rings. The summed E-state index contributed by atoms with van der Waals surface area (Å²) in [6, 6.07) is 7.98. The number of nitrogens with zero attached hydrogens (tertiary/aromatic N) is 2. The zero-order valence-electron chi connectivity index (χ0n) is 9.55. The molecule has 1 aromatic carbocycles. The minimum atomic E-state index is 0.535. The number of aromatic nitrogens is 2. The third kappa shape index (κ3) is 1.58. The van der Waals surface area contributed by atoms with Crippen LogP contribution in [0.5, 0.6) is 0 Å². The Labute approximate surface area is 98.7 Å². The highest BCUT2D eigenvalue weighted by atomic mass is 16.3. The van der Waals surface area contributed by atoms with Gasteiger partial charge in [-0.05, 0) is 13.0 Å². The van der Waals surface area contributed by atoms with Gasteiger partial charge in [-0.3, -0.25) is 0 Å². The van der Waals surface area contributed by atoms with E-state index in [1.807, 2.05) is 29.7 Å². The van der Waals surface area contributed by atoms with Gasteiger partial charge < -0.3 is 14.7 Å². The molecular weight excluding hydrogens is 214 g/mol. The Hall–Kier alpha value is -2.23. The minimum absolute atomic E-state index is 0.535. The minimum Gasteiger partial charge on any atom is -0.464 e. The van der Waals surface area contributed by atoms with E-state index in [2.05, 4.69) is 11.1 Å². The standard InChI is InChI=1S/C13H13N3O/c1-9-6-15-13(14)16(9)7-10-8-17-12-5-3-2-4-11(10)12/h2-6,8H,7H2,1H3,(H2,14,15). The van der Waals surface area contributed by atoms with Crippen LogP contribution in [-0.4, -0.2) is 9.55 Å². The van der Waals surface area contributed by atoms with E-state index in [-0.39, 0.29) is 0 Å². The van der Waals surface area contributed by atoms with E-state index in [9.17, 15) is 0 Å². The van der Waals surface area contributed by atoms with Gasteiger partial charge in [0.2, 0.25) is 5.95 Å². The molecule has 4 nitrogen and oxygen atoms in total. The molecule has 0 radical (unpaired) electrons. The van der Waals surface area contributed by atoms with Gasteiger partial charge in [0.25, 0.3) is 0 Å². The predicted octanol–water partition coefficient (Wildman–Crippen LogP) is 2.57. The van der Waals surface area contributed by atoms with Gasteiger partial charge in [0.1, 0.15) is 5.58 Å². The lowest BCUT2D eigenvalue weighted by molar-refractivity contribution is 0.606. The van der Waals surface area contributed by atoms with Crippen LogP contribution in [0.15, 0.2) is 41.1 Å². The van der Waals surface area contributed by atoms with Crippen LogP contribution >= 0.6 is 0 Å². The molecule has 0 amide bonds. The molecule has 2 aromatic heterocycles. The molecule has 0 bridgehead atoms. The van der Waals surface area contributed by atoms with E-state index in [0.29, 0.717) is 12.5 Å². The number of aryl methyl sites for hydroxylation is 1. The lowest BCUT2D eigenvalue weighted by Crippen LogP contribution is -2.05. The average molecular weight is 227 g/mol. The molecule has 0 saturated heterocycles.